The third-order valence-corrected chi connectivity index (χ3v) is 3.94. The molecular formula is C11H17N7S. The van der Waals surface area contributed by atoms with Gasteiger partial charge in [-0.05, 0) is 6.42 Å². The molecule has 3 rings (SSSR count). The molecule has 0 saturated carbocycles. The van der Waals surface area contributed by atoms with Gasteiger partial charge in [0.2, 0.25) is 5.13 Å². The van der Waals surface area contributed by atoms with Gasteiger partial charge in [-0.1, -0.05) is 18.3 Å². The van der Waals surface area contributed by atoms with Crippen LogP contribution in [0, 0.1) is 0 Å². The Morgan fingerprint density at radius 3 is 3.16 bits per heavy atom. The molecule has 0 unspecified atom stereocenters. The lowest BCUT2D eigenvalue weighted by Crippen LogP contribution is -2.33. The monoisotopic (exact) mass is 279 g/mol. The van der Waals surface area contributed by atoms with Gasteiger partial charge in [-0.3, -0.25) is 4.90 Å². The molecule has 0 bridgehead atoms. The molecule has 2 aromatic heterocycles. The van der Waals surface area contributed by atoms with Crippen molar-refractivity contribution in [3.05, 3.63) is 17.2 Å². The van der Waals surface area contributed by atoms with Crippen LogP contribution in [0.25, 0.3) is 0 Å². The molecule has 102 valence electrons. The molecule has 1 aliphatic heterocycles. The summed E-state index contributed by atoms with van der Waals surface area (Å²) in [6.45, 7) is 6.69. The summed E-state index contributed by atoms with van der Waals surface area (Å²) in [5.41, 5.74) is 0. The average molecular weight is 279 g/mol. The minimum Gasteiger partial charge on any atom is -0.360 e. The molecule has 0 fully saturated rings. The zero-order valence-corrected chi connectivity index (χ0v) is 11.7. The van der Waals surface area contributed by atoms with E-state index >= 15 is 0 Å². The van der Waals surface area contributed by atoms with Gasteiger partial charge in [-0.2, -0.15) is 0 Å². The maximum Gasteiger partial charge on any atom is 0.205 e. The molecule has 3 heterocycles. The fraction of sp³-hybridized carbons (Fsp3) is 0.636. The minimum atomic E-state index is 0.831. The van der Waals surface area contributed by atoms with Crippen molar-refractivity contribution < 1.29 is 0 Å². The van der Waals surface area contributed by atoms with E-state index in [1.807, 2.05) is 0 Å². The van der Waals surface area contributed by atoms with Crippen LogP contribution in [0.3, 0.4) is 0 Å². The highest BCUT2D eigenvalue weighted by Gasteiger charge is 2.18. The topological polar surface area (TPSA) is 71.8 Å². The highest BCUT2D eigenvalue weighted by Crippen LogP contribution is 2.19. The predicted octanol–water partition coefficient (Wildman–Crippen LogP) is 0.967. The first-order chi connectivity index (χ1) is 9.35. The van der Waals surface area contributed by atoms with Gasteiger partial charge >= 0.3 is 0 Å². The Bertz CT molecular complexity index is 535. The molecule has 0 amide bonds. The zero-order valence-electron chi connectivity index (χ0n) is 10.9. The maximum atomic E-state index is 4.23. The molecule has 0 aromatic carbocycles. The van der Waals surface area contributed by atoms with Crippen LogP contribution < -0.4 is 5.32 Å². The van der Waals surface area contributed by atoms with Gasteiger partial charge in [0.25, 0.3) is 0 Å². The van der Waals surface area contributed by atoms with Crippen molar-refractivity contribution in [2.75, 3.05) is 18.4 Å². The fourth-order valence-electron chi connectivity index (χ4n) is 2.06. The van der Waals surface area contributed by atoms with Crippen LogP contribution in [0.2, 0.25) is 0 Å². The van der Waals surface area contributed by atoms with Gasteiger partial charge in [-0.25, -0.2) is 0 Å². The van der Waals surface area contributed by atoms with Gasteiger partial charge < -0.3 is 9.88 Å². The minimum absolute atomic E-state index is 0.831. The lowest BCUT2D eigenvalue weighted by Gasteiger charge is -2.25. The predicted molar refractivity (Wildman–Crippen MR) is 72.8 cm³/mol. The molecule has 8 heteroatoms. The fourth-order valence-corrected chi connectivity index (χ4v) is 2.87. The first-order valence-electron chi connectivity index (χ1n) is 6.50. The van der Waals surface area contributed by atoms with E-state index in [-0.39, 0.29) is 0 Å². The summed E-state index contributed by atoms with van der Waals surface area (Å²) >= 11 is 1.63. The molecule has 0 spiro atoms. The van der Waals surface area contributed by atoms with Crippen molar-refractivity contribution in [2.24, 2.45) is 0 Å². The molecule has 1 N–H and O–H groups in total. The largest absolute Gasteiger partial charge is 0.360 e. The Morgan fingerprint density at radius 2 is 2.26 bits per heavy atom. The Labute approximate surface area is 115 Å². The summed E-state index contributed by atoms with van der Waals surface area (Å²) in [5.74, 6) is 1.03. The standard InChI is InChI=1S/C11H17N7S/c1-2-3-12-11-16-15-10(19-11)7-17-4-5-18-8-13-14-9(18)6-17/h8H,2-7H2,1H3,(H,12,16). The van der Waals surface area contributed by atoms with E-state index in [9.17, 15) is 0 Å². The number of nitrogens with one attached hydrogen (secondary N) is 1. The molecule has 1 aliphatic rings. The summed E-state index contributed by atoms with van der Waals surface area (Å²) < 4.78 is 2.10. The number of rotatable bonds is 5. The maximum absolute atomic E-state index is 4.23. The second-order valence-corrected chi connectivity index (χ2v) is 5.64. The zero-order chi connectivity index (χ0) is 13.1. The Morgan fingerprint density at radius 1 is 1.32 bits per heavy atom. The molecule has 0 atom stereocenters. The molecule has 0 saturated heterocycles. The van der Waals surface area contributed by atoms with Gasteiger partial charge in [-0.15, -0.1) is 20.4 Å². The normalized spacial score (nSPS) is 15.4. The Balaban J connectivity index is 1.58. The molecule has 0 aliphatic carbocycles. The van der Waals surface area contributed by atoms with Crippen LogP contribution in [0.4, 0.5) is 5.13 Å². The Kier molecular flexibility index (Phi) is 3.69. The quantitative estimate of drug-likeness (QED) is 0.879. The third kappa shape index (κ3) is 2.90. The van der Waals surface area contributed by atoms with Crippen molar-refractivity contribution in [2.45, 2.75) is 33.0 Å². The van der Waals surface area contributed by atoms with Gasteiger partial charge in [0.05, 0.1) is 13.1 Å². The third-order valence-electron chi connectivity index (χ3n) is 3.07. The van der Waals surface area contributed by atoms with E-state index in [1.165, 1.54) is 0 Å². The second-order valence-electron chi connectivity index (χ2n) is 4.58. The van der Waals surface area contributed by atoms with Crippen LogP contribution in [-0.4, -0.2) is 43.0 Å². The molecule has 19 heavy (non-hydrogen) atoms. The summed E-state index contributed by atoms with van der Waals surface area (Å²) in [7, 11) is 0. The van der Waals surface area contributed by atoms with Crippen molar-refractivity contribution in [1.29, 1.82) is 0 Å². The number of fused-ring (bicyclic) bond motifs is 1. The number of aromatic nitrogens is 5. The summed E-state index contributed by atoms with van der Waals surface area (Å²) in [5, 5.41) is 21.7. The first kappa shape index (κ1) is 12.5. The van der Waals surface area contributed by atoms with E-state index in [0.29, 0.717) is 0 Å². The van der Waals surface area contributed by atoms with E-state index in [2.05, 4.69) is 42.1 Å². The summed E-state index contributed by atoms with van der Waals surface area (Å²) in [6, 6.07) is 0. The molecular weight excluding hydrogens is 262 g/mol. The molecule has 0 radical (unpaired) electrons. The van der Waals surface area contributed by atoms with Crippen molar-refractivity contribution in [3.8, 4) is 0 Å². The van der Waals surface area contributed by atoms with Crippen molar-refractivity contribution >= 4 is 16.5 Å². The number of hydrogen-bond donors (Lipinski definition) is 1. The lowest BCUT2D eigenvalue weighted by atomic mass is 10.3. The molecule has 7 nitrogen and oxygen atoms in total. The van der Waals surface area contributed by atoms with Crippen LogP contribution >= 0.6 is 11.3 Å². The van der Waals surface area contributed by atoms with Crippen LogP contribution in [-0.2, 0) is 19.6 Å². The van der Waals surface area contributed by atoms with E-state index in [1.54, 1.807) is 17.7 Å². The van der Waals surface area contributed by atoms with Crippen LogP contribution in [0.1, 0.15) is 24.2 Å². The number of hydrogen-bond acceptors (Lipinski definition) is 7. The van der Waals surface area contributed by atoms with E-state index in [0.717, 1.165) is 55.1 Å². The highest BCUT2D eigenvalue weighted by molar-refractivity contribution is 7.15. The average Bonchev–Trinajstić information content (AvgIpc) is 3.05. The molecule has 2 aromatic rings. The van der Waals surface area contributed by atoms with Crippen molar-refractivity contribution in [3.63, 3.8) is 0 Å². The van der Waals surface area contributed by atoms with Crippen LogP contribution in [0.5, 0.6) is 0 Å². The van der Waals surface area contributed by atoms with Crippen molar-refractivity contribution in [1.82, 2.24) is 29.9 Å². The summed E-state index contributed by atoms with van der Waals surface area (Å²) in [6.07, 6.45) is 2.89. The van der Waals surface area contributed by atoms with E-state index < -0.39 is 0 Å². The number of nitrogens with zero attached hydrogens (tertiary/aromatic N) is 6. The Hall–Kier alpha value is -1.54. The summed E-state index contributed by atoms with van der Waals surface area (Å²) in [4.78, 5) is 2.33. The van der Waals surface area contributed by atoms with Gasteiger partial charge in [0.15, 0.2) is 0 Å². The van der Waals surface area contributed by atoms with E-state index in [4.69, 9.17) is 0 Å². The number of anilines is 1. The van der Waals surface area contributed by atoms with Gasteiger partial charge in [0.1, 0.15) is 17.2 Å². The lowest BCUT2D eigenvalue weighted by molar-refractivity contribution is 0.208. The van der Waals surface area contributed by atoms with Crippen LogP contribution in [0.15, 0.2) is 6.33 Å². The van der Waals surface area contributed by atoms with Gasteiger partial charge in [0, 0.05) is 19.6 Å². The second kappa shape index (κ2) is 5.62. The first-order valence-corrected chi connectivity index (χ1v) is 7.32. The smallest absolute Gasteiger partial charge is 0.205 e. The highest BCUT2D eigenvalue weighted by atomic mass is 32.1. The SMILES string of the molecule is CCCNc1nnc(CN2CCn3cnnc3C2)s1.